The van der Waals surface area contributed by atoms with E-state index in [1.165, 1.54) is 25.7 Å². The van der Waals surface area contributed by atoms with Crippen LogP contribution in [0.3, 0.4) is 0 Å². The normalized spacial score (nSPS) is 14.9. The number of carbonyl (C=O) groups is 1. The van der Waals surface area contributed by atoms with Gasteiger partial charge in [0.2, 0.25) is 0 Å². The number of rotatable bonds is 6. The predicted molar refractivity (Wildman–Crippen MR) is 103 cm³/mol. The highest BCUT2D eigenvalue weighted by atomic mass is 127. The lowest BCUT2D eigenvalue weighted by Crippen LogP contribution is -2.42. The second-order valence-electron chi connectivity index (χ2n) is 5.38. The second kappa shape index (κ2) is 11.2. The average molecular weight is 431 g/mol. The van der Waals surface area contributed by atoms with Gasteiger partial charge in [0.05, 0.1) is 12.1 Å². The largest absolute Gasteiger partial charge is 0.357 e. The Morgan fingerprint density at radius 2 is 2.13 bits per heavy atom. The first-order valence-electron chi connectivity index (χ1n) is 8.02. The summed E-state index contributed by atoms with van der Waals surface area (Å²) in [5.74, 6) is 0.724. The number of nitrogens with zero attached hydrogens (tertiary/aromatic N) is 2. The molecule has 0 unspecified atom stereocenters. The summed E-state index contributed by atoms with van der Waals surface area (Å²) >= 11 is 0. The van der Waals surface area contributed by atoms with Gasteiger partial charge in [-0.15, -0.1) is 24.0 Å². The zero-order chi connectivity index (χ0) is 15.6. The molecule has 0 aromatic carbocycles. The molecule has 23 heavy (non-hydrogen) atoms. The molecule has 3 N–H and O–H groups in total. The Hall–Kier alpha value is -1.38. The lowest BCUT2D eigenvalue weighted by atomic mass is 10.2. The first-order valence-corrected chi connectivity index (χ1v) is 8.02. The number of pyridine rings is 1. The number of hydrogen-bond donors (Lipinski definition) is 3. The van der Waals surface area contributed by atoms with Crippen molar-refractivity contribution in [3.63, 3.8) is 0 Å². The van der Waals surface area contributed by atoms with E-state index in [9.17, 15) is 4.79 Å². The van der Waals surface area contributed by atoms with E-state index in [1.54, 1.807) is 24.5 Å². The van der Waals surface area contributed by atoms with E-state index in [4.69, 9.17) is 0 Å². The number of aromatic nitrogens is 1. The molecule has 0 bridgehead atoms. The molecule has 2 rings (SSSR count). The maximum Gasteiger partial charge on any atom is 0.252 e. The number of halogens is 1. The van der Waals surface area contributed by atoms with Gasteiger partial charge >= 0.3 is 0 Å². The number of aliphatic imine (C=N–C) groups is 1. The third-order valence-corrected chi connectivity index (χ3v) is 3.63. The van der Waals surface area contributed by atoms with Crippen LogP contribution >= 0.6 is 24.0 Å². The van der Waals surface area contributed by atoms with Crippen LogP contribution in [0.4, 0.5) is 0 Å². The number of carbonyl (C=O) groups excluding carboxylic acids is 1. The van der Waals surface area contributed by atoms with Crippen LogP contribution in [0.2, 0.25) is 0 Å². The molecular weight excluding hydrogens is 405 g/mol. The van der Waals surface area contributed by atoms with Crippen LogP contribution in [0.25, 0.3) is 0 Å². The highest BCUT2D eigenvalue weighted by Crippen LogP contribution is 2.17. The van der Waals surface area contributed by atoms with Gasteiger partial charge in [-0.2, -0.15) is 0 Å². The third kappa shape index (κ3) is 7.15. The Kier molecular flexibility index (Phi) is 9.58. The van der Waals surface area contributed by atoms with Crippen LogP contribution < -0.4 is 16.0 Å². The summed E-state index contributed by atoms with van der Waals surface area (Å²) in [6.07, 6.45) is 8.21. The van der Waals surface area contributed by atoms with E-state index < -0.39 is 0 Å². The van der Waals surface area contributed by atoms with Crippen LogP contribution in [0, 0.1) is 0 Å². The molecule has 1 aliphatic carbocycles. The maximum absolute atomic E-state index is 11.9. The van der Waals surface area contributed by atoms with Crippen molar-refractivity contribution in [3.8, 4) is 0 Å². The van der Waals surface area contributed by atoms with E-state index >= 15 is 0 Å². The standard InChI is InChI=1S/C16H25N5O.HI/c1-2-18-16(21-14-7-3-4-8-14)20-11-10-19-15(22)13-6-5-9-17-12-13;/h5-6,9,12,14H,2-4,7-8,10-11H2,1H3,(H,19,22)(H2,18,20,21);1H. The summed E-state index contributed by atoms with van der Waals surface area (Å²) in [6.45, 7) is 3.94. The van der Waals surface area contributed by atoms with E-state index in [0.717, 1.165) is 12.5 Å². The monoisotopic (exact) mass is 431 g/mol. The summed E-state index contributed by atoms with van der Waals surface area (Å²) in [5, 5.41) is 9.55. The molecule has 0 saturated heterocycles. The zero-order valence-corrected chi connectivity index (χ0v) is 15.9. The zero-order valence-electron chi connectivity index (χ0n) is 13.5. The molecular formula is C16H26IN5O. The van der Waals surface area contributed by atoms with Crippen LogP contribution in [0.1, 0.15) is 43.0 Å². The molecule has 0 atom stereocenters. The Morgan fingerprint density at radius 3 is 2.78 bits per heavy atom. The fraction of sp³-hybridized carbons (Fsp3) is 0.562. The Bertz CT molecular complexity index is 489. The molecule has 1 aromatic rings. The summed E-state index contributed by atoms with van der Waals surface area (Å²) in [7, 11) is 0. The van der Waals surface area contributed by atoms with Gasteiger partial charge in [-0.1, -0.05) is 12.8 Å². The quantitative estimate of drug-likeness (QED) is 0.279. The molecule has 7 heteroatoms. The fourth-order valence-electron chi connectivity index (χ4n) is 2.52. The van der Waals surface area contributed by atoms with Crippen molar-refractivity contribution in [1.82, 2.24) is 20.9 Å². The van der Waals surface area contributed by atoms with Gasteiger partial charge in [0.15, 0.2) is 5.96 Å². The van der Waals surface area contributed by atoms with Gasteiger partial charge in [0.25, 0.3) is 5.91 Å². The molecule has 128 valence electrons. The maximum atomic E-state index is 11.9. The minimum absolute atomic E-state index is 0. The molecule has 1 heterocycles. The van der Waals surface area contributed by atoms with Gasteiger partial charge < -0.3 is 16.0 Å². The van der Waals surface area contributed by atoms with E-state index in [-0.39, 0.29) is 29.9 Å². The van der Waals surface area contributed by atoms with E-state index in [2.05, 4.69) is 32.9 Å². The molecule has 0 radical (unpaired) electrons. The molecule has 6 nitrogen and oxygen atoms in total. The van der Waals surface area contributed by atoms with Gasteiger partial charge in [-0.25, -0.2) is 0 Å². The minimum atomic E-state index is -0.114. The Labute approximate surface area is 155 Å². The Morgan fingerprint density at radius 1 is 1.35 bits per heavy atom. The number of nitrogens with one attached hydrogen (secondary N) is 3. The molecule has 1 saturated carbocycles. The fourth-order valence-corrected chi connectivity index (χ4v) is 2.52. The summed E-state index contributed by atoms with van der Waals surface area (Å²) < 4.78 is 0. The lowest BCUT2D eigenvalue weighted by Gasteiger charge is -2.16. The van der Waals surface area contributed by atoms with Crippen LogP contribution in [-0.4, -0.2) is 42.5 Å². The smallest absolute Gasteiger partial charge is 0.252 e. The molecule has 1 aliphatic rings. The minimum Gasteiger partial charge on any atom is -0.357 e. The van der Waals surface area contributed by atoms with Crippen molar-refractivity contribution in [3.05, 3.63) is 30.1 Å². The number of hydrogen-bond acceptors (Lipinski definition) is 3. The predicted octanol–water partition coefficient (Wildman–Crippen LogP) is 1.93. The Balaban J connectivity index is 0.00000264. The van der Waals surface area contributed by atoms with E-state index in [0.29, 0.717) is 24.7 Å². The molecule has 1 amide bonds. The lowest BCUT2D eigenvalue weighted by molar-refractivity contribution is 0.0954. The second-order valence-corrected chi connectivity index (χ2v) is 5.38. The van der Waals surface area contributed by atoms with Crippen molar-refractivity contribution < 1.29 is 4.79 Å². The van der Waals surface area contributed by atoms with Gasteiger partial charge in [0.1, 0.15) is 0 Å². The number of guanidine groups is 1. The summed E-state index contributed by atoms with van der Waals surface area (Å²) in [4.78, 5) is 20.3. The van der Waals surface area contributed by atoms with Crippen molar-refractivity contribution in [2.45, 2.75) is 38.6 Å². The van der Waals surface area contributed by atoms with Crippen LogP contribution in [0.15, 0.2) is 29.5 Å². The first kappa shape index (κ1) is 19.7. The topological polar surface area (TPSA) is 78.4 Å². The molecule has 1 fully saturated rings. The summed E-state index contributed by atoms with van der Waals surface area (Å²) in [6, 6.07) is 4.03. The molecule has 1 aromatic heterocycles. The highest BCUT2D eigenvalue weighted by molar-refractivity contribution is 14.0. The van der Waals surface area contributed by atoms with Gasteiger partial charge in [0, 0.05) is 31.5 Å². The highest BCUT2D eigenvalue weighted by Gasteiger charge is 2.15. The van der Waals surface area contributed by atoms with Crippen LogP contribution in [-0.2, 0) is 0 Å². The van der Waals surface area contributed by atoms with Crippen molar-refractivity contribution in [2.24, 2.45) is 4.99 Å². The van der Waals surface area contributed by atoms with Gasteiger partial charge in [-0.05, 0) is 31.9 Å². The molecule has 0 spiro atoms. The van der Waals surface area contributed by atoms with E-state index in [1.807, 2.05) is 0 Å². The van der Waals surface area contributed by atoms with Crippen LogP contribution in [0.5, 0.6) is 0 Å². The molecule has 0 aliphatic heterocycles. The first-order chi connectivity index (χ1) is 10.8. The summed E-state index contributed by atoms with van der Waals surface area (Å²) in [5.41, 5.74) is 0.572. The van der Waals surface area contributed by atoms with Crippen molar-refractivity contribution in [2.75, 3.05) is 19.6 Å². The average Bonchev–Trinajstić information content (AvgIpc) is 3.05. The van der Waals surface area contributed by atoms with Crippen molar-refractivity contribution >= 4 is 35.8 Å². The number of amides is 1. The SMILES string of the molecule is CCNC(=NCCNC(=O)c1cccnc1)NC1CCCC1.I. The van der Waals surface area contributed by atoms with Gasteiger partial charge in [-0.3, -0.25) is 14.8 Å². The van der Waals surface area contributed by atoms with Crippen molar-refractivity contribution in [1.29, 1.82) is 0 Å². The third-order valence-electron chi connectivity index (χ3n) is 3.63.